The van der Waals surface area contributed by atoms with Gasteiger partial charge in [-0.2, -0.15) is 0 Å². The van der Waals surface area contributed by atoms with E-state index in [9.17, 15) is 9.59 Å². The third kappa shape index (κ3) is 6.56. The highest BCUT2D eigenvalue weighted by Crippen LogP contribution is 2.55. The molecule has 3 heterocycles. The normalized spacial score (nSPS) is 21.4. The first kappa shape index (κ1) is 31.3. The van der Waals surface area contributed by atoms with Crippen LogP contribution in [-0.2, 0) is 14.9 Å². The molecule has 7 nitrogen and oxygen atoms in total. The third-order valence-corrected chi connectivity index (χ3v) is 8.83. The molecule has 220 valence electrons. The molecule has 0 aliphatic carbocycles. The maximum absolute atomic E-state index is 14.8. The molecule has 0 unspecified atom stereocenters. The van der Waals surface area contributed by atoms with Gasteiger partial charge in [-0.1, -0.05) is 56.6 Å². The summed E-state index contributed by atoms with van der Waals surface area (Å²) in [6, 6.07) is 5.20. The van der Waals surface area contributed by atoms with E-state index < -0.39 is 23.2 Å². The smallest absolute Gasteiger partial charge is 0.332 e. The minimum Gasteiger partial charge on any atom is -0.458 e. The lowest BCUT2D eigenvalue weighted by Gasteiger charge is -2.41. The van der Waals surface area contributed by atoms with Gasteiger partial charge in [0.05, 0.1) is 17.4 Å². The molecule has 0 saturated carbocycles. The lowest BCUT2D eigenvalue weighted by molar-refractivity contribution is -0.168. The number of likely N-dealkylation sites (tertiary alicyclic amines) is 1. The number of carbonyl (C=O) groups excluding carboxylic acids is 2. The maximum Gasteiger partial charge on any atom is 0.332 e. The van der Waals surface area contributed by atoms with Crippen LogP contribution in [0.5, 0.6) is 0 Å². The molecule has 0 N–H and O–H groups in total. The summed E-state index contributed by atoms with van der Waals surface area (Å²) in [5.41, 5.74) is 1.05. The van der Waals surface area contributed by atoms with Crippen molar-refractivity contribution in [3.8, 4) is 0 Å². The molecule has 1 aromatic carbocycles. The molecular formula is C32H41BrN4O3S. The summed E-state index contributed by atoms with van der Waals surface area (Å²) < 4.78 is 6.96. The van der Waals surface area contributed by atoms with Crippen LogP contribution >= 0.6 is 27.3 Å². The Morgan fingerprint density at radius 3 is 2.34 bits per heavy atom. The molecule has 9 heteroatoms. The number of benzene rings is 1. The van der Waals surface area contributed by atoms with Gasteiger partial charge in [-0.3, -0.25) is 14.8 Å². The number of esters is 1. The van der Waals surface area contributed by atoms with Crippen LogP contribution in [0.2, 0.25) is 0 Å². The van der Waals surface area contributed by atoms with Crippen LogP contribution in [0.1, 0.15) is 113 Å². The molecule has 41 heavy (non-hydrogen) atoms. The molecule has 0 bridgehead atoms. The van der Waals surface area contributed by atoms with Crippen LogP contribution < -0.4 is 0 Å². The van der Waals surface area contributed by atoms with Crippen molar-refractivity contribution in [2.45, 2.75) is 104 Å². The third-order valence-electron chi connectivity index (χ3n) is 7.33. The standard InChI is InChI=1S/C32H41BrN4O3S/c1-19(2)15-32(29(39)40-31(7,8)9)16-22(25-18-35-20(3)17-36-25)26(27-34-12-13-41-27)37(32)28(38)21-10-11-23(24(33)14-21)30(4,5)6/h10-14,17-19,22,26H,15-16H2,1-9H3/t22-,26-,32+/m1/s1. The van der Waals surface area contributed by atoms with Crippen molar-refractivity contribution in [2.75, 3.05) is 0 Å². The highest BCUT2D eigenvalue weighted by atomic mass is 79.9. The van der Waals surface area contributed by atoms with Crippen molar-refractivity contribution >= 4 is 39.1 Å². The second-order valence-electron chi connectivity index (χ2n) is 13.5. The summed E-state index contributed by atoms with van der Waals surface area (Å²) in [6.45, 7) is 18.0. The number of nitrogens with zero attached hydrogens (tertiary/aromatic N) is 4. The monoisotopic (exact) mass is 640 g/mol. The summed E-state index contributed by atoms with van der Waals surface area (Å²) in [5.74, 6) is -0.837. The lowest BCUT2D eigenvalue weighted by atomic mass is 9.82. The molecule has 2 aromatic heterocycles. The quantitative estimate of drug-likeness (QED) is 0.256. The summed E-state index contributed by atoms with van der Waals surface area (Å²) in [6.07, 6.45) is 6.03. The van der Waals surface area contributed by atoms with Crippen LogP contribution in [0.4, 0.5) is 0 Å². The Morgan fingerprint density at radius 2 is 1.83 bits per heavy atom. The fourth-order valence-corrected chi connectivity index (χ4v) is 7.52. The Morgan fingerprint density at radius 1 is 1.12 bits per heavy atom. The highest BCUT2D eigenvalue weighted by Gasteiger charge is 2.61. The van der Waals surface area contributed by atoms with E-state index >= 15 is 0 Å². The van der Waals surface area contributed by atoms with E-state index in [0.29, 0.717) is 18.4 Å². The summed E-state index contributed by atoms with van der Waals surface area (Å²) in [5, 5.41) is 2.66. The number of thiazole rings is 1. The average molecular weight is 642 g/mol. The van der Waals surface area contributed by atoms with Crippen molar-refractivity contribution in [3.05, 3.63) is 74.2 Å². The van der Waals surface area contributed by atoms with Gasteiger partial charge in [-0.15, -0.1) is 11.3 Å². The molecule has 1 saturated heterocycles. The van der Waals surface area contributed by atoms with Gasteiger partial charge in [-0.25, -0.2) is 9.78 Å². The summed E-state index contributed by atoms with van der Waals surface area (Å²) in [7, 11) is 0. The first-order valence-corrected chi connectivity index (χ1v) is 15.8. The second kappa shape index (κ2) is 11.6. The number of ether oxygens (including phenoxy) is 1. The number of amides is 1. The number of hydrogen-bond acceptors (Lipinski definition) is 7. The molecule has 4 rings (SSSR count). The van der Waals surface area contributed by atoms with Gasteiger partial charge in [0, 0.05) is 39.9 Å². The van der Waals surface area contributed by atoms with Gasteiger partial charge >= 0.3 is 5.97 Å². The largest absolute Gasteiger partial charge is 0.458 e. The maximum atomic E-state index is 14.8. The minimum atomic E-state index is -1.23. The SMILES string of the molecule is Cc1cnc([C@H]2C[C@@](CC(C)C)(C(=O)OC(C)(C)C)N(C(=O)c3ccc(C(C)(C)C)c(Br)c3)[C@H]2c2nccs2)cn1. The van der Waals surface area contributed by atoms with Crippen LogP contribution in [-0.4, -0.2) is 42.9 Å². The Kier molecular flexibility index (Phi) is 8.82. The Bertz CT molecular complexity index is 1390. The van der Waals surface area contributed by atoms with Crippen molar-refractivity contribution < 1.29 is 14.3 Å². The van der Waals surface area contributed by atoms with E-state index in [4.69, 9.17) is 9.72 Å². The van der Waals surface area contributed by atoms with Crippen molar-refractivity contribution in [3.63, 3.8) is 0 Å². The zero-order valence-corrected chi connectivity index (χ0v) is 27.9. The molecular weight excluding hydrogens is 600 g/mol. The van der Waals surface area contributed by atoms with Gasteiger partial charge in [0.15, 0.2) is 0 Å². The molecule has 3 aromatic rings. The lowest BCUT2D eigenvalue weighted by Crippen LogP contribution is -2.56. The summed E-state index contributed by atoms with van der Waals surface area (Å²) >= 11 is 5.19. The predicted octanol–water partition coefficient (Wildman–Crippen LogP) is 7.80. The van der Waals surface area contributed by atoms with E-state index in [-0.39, 0.29) is 23.2 Å². The van der Waals surface area contributed by atoms with Crippen molar-refractivity contribution in [1.82, 2.24) is 19.9 Å². The molecule has 1 fully saturated rings. The number of halogens is 1. The number of rotatable bonds is 6. The van der Waals surface area contributed by atoms with E-state index in [0.717, 1.165) is 26.4 Å². The molecule has 1 aliphatic heterocycles. The topological polar surface area (TPSA) is 85.3 Å². The fraction of sp³-hybridized carbons (Fsp3) is 0.531. The van der Waals surface area contributed by atoms with Gasteiger partial charge in [0.25, 0.3) is 5.91 Å². The van der Waals surface area contributed by atoms with Crippen LogP contribution in [0.15, 0.2) is 46.6 Å². The Balaban J connectivity index is 1.97. The van der Waals surface area contributed by atoms with E-state index in [2.05, 4.69) is 60.5 Å². The molecule has 0 radical (unpaired) electrons. The molecule has 0 spiro atoms. The van der Waals surface area contributed by atoms with Gasteiger partial charge in [0.1, 0.15) is 16.1 Å². The Labute approximate surface area is 256 Å². The zero-order chi connectivity index (χ0) is 30.3. The molecule has 1 aliphatic rings. The van der Waals surface area contributed by atoms with Crippen LogP contribution in [0.25, 0.3) is 0 Å². The van der Waals surface area contributed by atoms with Crippen molar-refractivity contribution in [1.29, 1.82) is 0 Å². The van der Waals surface area contributed by atoms with E-state index in [1.807, 2.05) is 51.3 Å². The Hall–Kier alpha value is -2.65. The highest BCUT2D eigenvalue weighted by molar-refractivity contribution is 9.10. The first-order chi connectivity index (χ1) is 19.0. The van der Waals surface area contributed by atoms with Gasteiger partial charge in [0.2, 0.25) is 0 Å². The number of aromatic nitrogens is 3. The zero-order valence-electron chi connectivity index (χ0n) is 25.5. The first-order valence-electron chi connectivity index (χ1n) is 14.1. The fourth-order valence-electron chi connectivity index (χ4n) is 5.75. The van der Waals surface area contributed by atoms with Crippen LogP contribution in [0, 0.1) is 12.8 Å². The average Bonchev–Trinajstić information content (AvgIpc) is 3.48. The van der Waals surface area contributed by atoms with E-state index in [1.54, 1.807) is 23.5 Å². The van der Waals surface area contributed by atoms with Crippen LogP contribution in [0.3, 0.4) is 0 Å². The predicted molar refractivity (Wildman–Crippen MR) is 166 cm³/mol. The summed E-state index contributed by atoms with van der Waals surface area (Å²) in [4.78, 5) is 44.9. The minimum absolute atomic E-state index is 0.104. The van der Waals surface area contributed by atoms with Gasteiger partial charge < -0.3 is 9.64 Å². The van der Waals surface area contributed by atoms with E-state index in [1.165, 1.54) is 11.3 Å². The van der Waals surface area contributed by atoms with Gasteiger partial charge in [-0.05, 0) is 69.6 Å². The van der Waals surface area contributed by atoms with Crippen molar-refractivity contribution in [2.24, 2.45) is 5.92 Å². The number of carbonyl (C=O) groups is 2. The molecule has 1 amide bonds. The number of hydrogen-bond donors (Lipinski definition) is 0. The molecule has 3 atom stereocenters. The second-order valence-corrected chi connectivity index (χ2v) is 15.2. The number of aryl methyl sites for hydroxylation is 1.